The average Bonchev–Trinajstić information content (AvgIpc) is 3.26. The van der Waals surface area contributed by atoms with E-state index >= 15 is 0 Å². The van der Waals surface area contributed by atoms with Crippen LogP contribution in [0.15, 0.2) is 65.1 Å². The van der Waals surface area contributed by atoms with Crippen LogP contribution in [0.1, 0.15) is 38.0 Å². The average molecular weight is 431 g/mol. The van der Waals surface area contributed by atoms with E-state index in [1.165, 1.54) is 12.1 Å². The van der Waals surface area contributed by atoms with Gasteiger partial charge in [0.25, 0.3) is 5.91 Å². The Kier molecular flexibility index (Phi) is 5.63. The zero-order chi connectivity index (χ0) is 22.7. The zero-order valence-electron chi connectivity index (χ0n) is 16.9. The quantitative estimate of drug-likeness (QED) is 0.438. The molecule has 0 fully saturated rings. The molecule has 0 unspecified atom stereocenters. The Balaban J connectivity index is 1.58. The molecule has 0 aliphatic rings. The van der Waals surface area contributed by atoms with Gasteiger partial charge in [-0.3, -0.25) is 10.1 Å². The maximum atomic E-state index is 12.8. The number of aromatic carboxylic acids is 1. The van der Waals surface area contributed by atoms with Crippen molar-refractivity contribution in [2.24, 2.45) is 0 Å². The Morgan fingerprint density at radius 2 is 1.66 bits per heavy atom. The molecule has 9 heteroatoms. The minimum atomic E-state index is -1.14. The van der Waals surface area contributed by atoms with Crippen LogP contribution in [0.5, 0.6) is 0 Å². The lowest BCUT2D eigenvalue weighted by atomic mass is 9.99. The maximum Gasteiger partial charge on any atom is 0.338 e. The predicted molar refractivity (Wildman–Crippen MR) is 115 cm³/mol. The van der Waals surface area contributed by atoms with Crippen LogP contribution in [0.2, 0.25) is 0 Å². The van der Waals surface area contributed by atoms with Crippen molar-refractivity contribution in [3.63, 3.8) is 0 Å². The van der Waals surface area contributed by atoms with Gasteiger partial charge >= 0.3 is 18.0 Å². The van der Waals surface area contributed by atoms with Gasteiger partial charge in [-0.1, -0.05) is 29.4 Å². The van der Waals surface area contributed by atoms with Crippen molar-refractivity contribution in [2.75, 3.05) is 11.9 Å². The minimum Gasteiger partial charge on any atom is -0.478 e. The maximum absolute atomic E-state index is 12.8. The first-order valence-electron chi connectivity index (χ1n) is 9.65. The van der Waals surface area contributed by atoms with Crippen molar-refractivity contribution in [3.05, 3.63) is 77.4 Å². The van der Waals surface area contributed by atoms with E-state index in [4.69, 9.17) is 9.15 Å². The Bertz CT molecular complexity index is 1320. The molecule has 1 amide bonds. The van der Waals surface area contributed by atoms with E-state index in [0.29, 0.717) is 21.9 Å². The third-order valence-corrected chi connectivity index (χ3v) is 4.67. The summed E-state index contributed by atoms with van der Waals surface area (Å²) in [5.41, 5.74) is 1.11. The number of anilines is 1. The normalized spacial score (nSPS) is 10.7. The first-order valence-corrected chi connectivity index (χ1v) is 9.65. The third kappa shape index (κ3) is 4.04. The van der Waals surface area contributed by atoms with Crippen molar-refractivity contribution < 1.29 is 28.6 Å². The molecule has 0 saturated carbocycles. The molecule has 0 bridgehead atoms. The molecule has 0 radical (unpaired) electrons. The second-order valence-electron chi connectivity index (χ2n) is 6.68. The fourth-order valence-corrected chi connectivity index (χ4v) is 3.23. The summed E-state index contributed by atoms with van der Waals surface area (Å²) in [4.78, 5) is 36.2. The van der Waals surface area contributed by atoms with Crippen molar-refractivity contribution >= 4 is 34.6 Å². The van der Waals surface area contributed by atoms with Crippen molar-refractivity contribution in [2.45, 2.75) is 6.92 Å². The zero-order valence-corrected chi connectivity index (χ0v) is 16.9. The van der Waals surface area contributed by atoms with Crippen LogP contribution in [0, 0.1) is 0 Å². The summed E-state index contributed by atoms with van der Waals surface area (Å²) in [7, 11) is 0. The topological polar surface area (TPSA) is 132 Å². The van der Waals surface area contributed by atoms with Gasteiger partial charge in [-0.25, -0.2) is 9.59 Å². The number of benzene rings is 3. The number of nitrogens with zero attached hydrogens (tertiary/aromatic N) is 2. The predicted octanol–water partition coefficient (Wildman–Crippen LogP) is 4.02. The lowest BCUT2D eigenvalue weighted by molar-refractivity contribution is 0.0525. The minimum absolute atomic E-state index is 0.0150. The van der Waals surface area contributed by atoms with Crippen LogP contribution in [-0.4, -0.2) is 39.8 Å². The largest absolute Gasteiger partial charge is 0.478 e. The van der Waals surface area contributed by atoms with E-state index < -0.39 is 17.8 Å². The molecule has 0 spiro atoms. The highest BCUT2D eigenvalue weighted by atomic mass is 16.5. The highest BCUT2D eigenvalue weighted by Gasteiger charge is 2.19. The van der Waals surface area contributed by atoms with Gasteiger partial charge in [0.1, 0.15) is 0 Å². The number of amides is 1. The molecular weight excluding hydrogens is 414 g/mol. The van der Waals surface area contributed by atoms with E-state index in [1.807, 2.05) is 0 Å². The smallest absolute Gasteiger partial charge is 0.338 e. The number of ether oxygens (including phenoxy) is 1. The van der Waals surface area contributed by atoms with Gasteiger partial charge in [-0.2, -0.15) is 0 Å². The summed E-state index contributed by atoms with van der Waals surface area (Å²) in [6.45, 7) is 2.00. The van der Waals surface area contributed by atoms with Crippen LogP contribution in [0.3, 0.4) is 0 Å². The van der Waals surface area contributed by atoms with Gasteiger partial charge in [0.2, 0.25) is 5.89 Å². The summed E-state index contributed by atoms with van der Waals surface area (Å²) < 4.78 is 10.5. The number of hydrogen-bond acceptors (Lipinski definition) is 7. The van der Waals surface area contributed by atoms with Gasteiger partial charge in [0.15, 0.2) is 0 Å². The van der Waals surface area contributed by atoms with Crippen molar-refractivity contribution in [1.29, 1.82) is 0 Å². The summed E-state index contributed by atoms with van der Waals surface area (Å²) in [6, 6.07) is 15.9. The molecule has 0 saturated heterocycles. The van der Waals surface area contributed by atoms with Crippen LogP contribution in [0.4, 0.5) is 6.01 Å². The first kappa shape index (κ1) is 20.7. The van der Waals surface area contributed by atoms with Gasteiger partial charge in [0, 0.05) is 16.5 Å². The molecular formula is C23H17N3O6. The molecule has 0 atom stereocenters. The number of hydrogen-bond donors (Lipinski definition) is 2. The highest BCUT2D eigenvalue weighted by molar-refractivity contribution is 6.17. The van der Waals surface area contributed by atoms with E-state index in [2.05, 4.69) is 15.5 Å². The number of carboxylic acid groups (broad SMARTS) is 1. The molecule has 9 nitrogen and oxygen atoms in total. The lowest BCUT2D eigenvalue weighted by Crippen LogP contribution is -2.14. The second-order valence-corrected chi connectivity index (χ2v) is 6.68. The fourth-order valence-electron chi connectivity index (χ4n) is 3.23. The molecule has 1 heterocycles. The fraction of sp³-hybridized carbons (Fsp3) is 0.0870. The summed E-state index contributed by atoms with van der Waals surface area (Å²) in [6.07, 6.45) is 0. The number of carbonyl (C=O) groups excluding carboxylic acids is 2. The molecule has 160 valence electrons. The molecule has 32 heavy (non-hydrogen) atoms. The molecule has 3 aromatic carbocycles. The van der Waals surface area contributed by atoms with E-state index in [-0.39, 0.29) is 29.6 Å². The number of carboxylic acids is 1. The summed E-state index contributed by atoms with van der Waals surface area (Å²) >= 11 is 0. The Labute approximate surface area is 181 Å². The summed E-state index contributed by atoms with van der Waals surface area (Å²) in [5.74, 6) is -2.02. The van der Waals surface area contributed by atoms with Gasteiger partial charge in [-0.15, -0.1) is 5.10 Å². The van der Waals surface area contributed by atoms with E-state index in [1.54, 1.807) is 55.5 Å². The second kappa shape index (κ2) is 8.68. The number of carbonyl (C=O) groups is 3. The number of fused-ring (bicyclic) bond motifs is 1. The molecule has 4 rings (SSSR count). The van der Waals surface area contributed by atoms with Crippen molar-refractivity contribution in [1.82, 2.24) is 10.2 Å². The molecule has 0 aliphatic carbocycles. The number of nitrogens with one attached hydrogen (secondary N) is 1. The Morgan fingerprint density at radius 3 is 2.31 bits per heavy atom. The molecule has 2 N–H and O–H groups in total. The SMILES string of the molecule is CCOC(=O)c1ccc(-c2nnc(NC(=O)c3cccc4cccc(C(=O)O)c34)o2)cc1. The van der Waals surface area contributed by atoms with E-state index in [0.717, 1.165) is 0 Å². The van der Waals surface area contributed by atoms with Crippen LogP contribution in [-0.2, 0) is 4.74 Å². The molecule has 0 aliphatic heterocycles. The van der Waals surface area contributed by atoms with Crippen molar-refractivity contribution in [3.8, 4) is 11.5 Å². The Hall–Kier alpha value is -4.53. The molecule has 1 aromatic heterocycles. The van der Waals surface area contributed by atoms with Gasteiger partial charge in [-0.05, 0) is 48.7 Å². The van der Waals surface area contributed by atoms with Crippen LogP contribution >= 0.6 is 0 Å². The van der Waals surface area contributed by atoms with Gasteiger partial charge < -0.3 is 14.3 Å². The van der Waals surface area contributed by atoms with Crippen LogP contribution < -0.4 is 5.32 Å². The number of esters is 1. The highest BCUT2D eigenvalue weighted by Crippen LogP contribution is 2.25. The number of aromatic nitrogens is 2. The lowest BCUT2D eigenvalue weighted by Gasteiger charge is -2.08. The summed E-state index contributed by atoms with van der Waals surface area (Å²) in [5, 5.41) is 20.7. The first-order chi connectivity index (χ1) is 15.5. The standard InChI is InChI=1S/C23H17N3O6/c1-2-31-22(30)15-11-9-14(10-12-15)20-25-26-23(32-20)24-19(27)16-7-3-5-13-6-4-8-17(18(13)16)21(28)29/h3-12H,2H2,1H3,(H,28,29)(H,24,26,27). The van der Waals surface area contributed by atoms with Crippen LogP contribution in [0.25, 0.3) is 22.2 Å². The monoisotopic (exact) mass is 431 g/mol. The third-order valence-electron chi connectivity index (χ3n) is 4.67. The van der Waals surface area contributed by atoms with Gasteiger partial charge in [0.05, 0.1) is 17.7 Å². The van der Waals surface area contributed by atoms with E-state index in [9.17, 15) is 19.5 Å². The Morgan fingerprint density at radius 1 is 0.969 bits per heavy atom. The molecule has 4 aromatic rings. The number of rotatable bonds is 6.